The van der Waals surface area contributed by atoms with Gasteiger partial charge in [0.25, 0.3) is 0 Å². The Hall–Kier alpha value is -1.74. The molecule has 0 radical (unpaired) electrons. The molecule has 0 spiro atoms. The average Bonchev–Trinajstić information content (AvgIpc) is 3.02. The molecule has 0 saturated heterocycles. The molecule has 2 aromatic rings. The molecule has 0 saturated carbocycles. The second kappa shape index (κ2) is 5.41. The third-order valence-corrected chi connectivity index (χ3v) is 6.43. The van der Waals surface area contributed by atoms with Crippen molar-refractivity contribution in [3.05, 3.63) is 63.1 Å². The molecular formula is C20H21NOS. The lowest BCUT2D eigenvalue weighted by molar-refractivity contribution is -0.117. The molecule has 4 rings (SSSR count). The normalized spacial score (nSPS) is 26.9. The van der Waals surface area contributed by atoms with E-state index in [1.807, 2.05) is 11.6 Å². The Morgan fingerprint density at radius 2 is 2.04 bits per heavy atom. The first-order valence-electron chi connectivity index (χ1n) is 8.41. The maximum Gasteiger partial charge on any atom is 0.160 e. The lowest BCUT2D eigenvalue weighted by atomic mass is 9.61. The van der Waals surface area contributed by atoms with E-state index in [2.05, 4.69) is 43.1 Å². The molecule has 2 aliphatic carbocycles. The molecule has 0 amide bonds. The number of benzene rings is 1. The number of aromatic nitrogens is 1. The van der Waals surface area contributed by atoms with Crippen molar-refractivity contribution >= 4 is 17.1 Å². The van der Waals surface area contributed by atoms with Gasteiger partial charge in [-0.3, -0.25) is 4.79 Å². The molecule has 0 fully saturated rings. The van der Waals surface area contributed by atoms with Crippen molar-refractivity contribution in [1.82, 2.24) is 4.98 Å². The van der Waals surface area contributed by atoms with E-state index in [1.165, 1.54) is 21.7 Å². The van der Waals surface area contributed by atoms with E-state index < -0.39 is 0 Å². The number of Topliss-reactive ketones (excluding diaryl/α,β-unsaturated/α-hetero) is 1. The molecule has 0 aliphatic heterocycles. The fourth-order valence-corrected chi connectivity index (χ4v) is 5.62. The van der Waals surface area contributed by atoms with Crippen molar-refractivity contribution in [3.8, 4) is 0 Å². The Balaban J connectivity index is 2.03. The minimum Gasteiger partial charge on any atom is -0.294 e. The quantitative estimate of drug-likeness (QED) is 0.802. The van der Waals surface area contributed by atoms with Crippen LogP contribution in [0.3, 0.4) is 0 Å². The van der Waals surface area contributed by atoms with Crippen molar-refractivity contribution in [2.75, 3.05) is 0 Å². The molecule has 1 aromatic carbocycles. The van der Waals surface area contributed by atoms with E-state index in [1.54, 1.807) is 11.3 Å². The average molecular weight is 323 g/mol. The number of carbonyl (C=O) groups excluding carboxylic acids is 1. The van der Waals surface area contributed by atoms with E-state index in [0.29, 0.717) is 18.1 Å². The molecule has 118 valence electrons. The molecule has 3 heteroatoms. The van der Waals surface area contributed by atoms with E-state index >= 15 is 0 Å². The van der Waals surface area contributed by atoms with Crippen LogP contribution in [0.5, 0.6) is 0 Å². The molecule has 2 atom stereocenters. The molecule has 0 N–H and O–H groups in total. The highest BCUT2D eigenvalue weighted by Gasteiger charge is 2.48. The molecule has 0 bridgehead atoms. The molecule has 1 aromatic heterocycles. The summed E-state index contributed by atoms with van der Waals surface area (Å²) in [6.07, 6.45) is 3.48. The number of nitrogens with zero attached hydrogens (tertiary/aromatic N) is 1. The summed E-state index contributed by atoms with van der Waals surface area (Å²) in [7, 11) is 0. The van der Waals surface area contributed by atoms with E-state index in [0.717, 1.165) is 24.8 Å². The van der Waals surface area contributed by atoms with Crippen LogP contribution in [0.25, 0.3) is 0 Å². The zero-order valence-electron chi connectivity index (χ0n) is 13.6. The Labute approximate surface area is 141 Å². The fourth-order valence-electron chi connectivity index (χ4n) is 4.51. The predicted molar refractivity (Wildman–Crippen MR) is 93.8 cm³/mol. The summed E-state index contributed by atoms with van der Waals surface area (Å²) in [5.41, 5.74) is 6.50. The molecule has 2 nitrogen and oxygen atoms in total. The van der Waals surface area contributed by atoms with Gasteiger partial charge in [0.1, 0.15) is 0 Å². The zero-order valence-corrected chi connectivity index (χ0v) is 14.5. The van der Waals surface area contributed by atoms with Crippen molar-refractivity contribution in [1.29, 1.82) is 0 Å². The van der Waals surface area contributed by atoms with Gasteiger partial charge in [-0.15, -0.1) is 11.3 Å². The summed E-state index contributed by atoms with van der Waals surface area (Å²) >= 11 is 1.71. The lowest BCUT2D eigenvalue weighted by Gasteiger charge is -2.42. The Morgan fingerprint density at radius 1 is 1.26 bits per heavy atom. The van der Waals surface area contributed by atoms with Gasteiger partial charge >= 0.3 is 0 Å². The van der Waals surface area contributed by atoms with Crippen molar-refractivity contribution in [2.45, 2.75) is 44.9 Å². The summed E-state index contributed by atoms with van der Waals surface area (Å²) in [6, 6.07) is 10.6. The number of rotatable bonds is 2. The van der Waals surface area contributed by atoms with Crippen molar-refractivity contribution < 1.29 is 4.79 Å². The molecule has 2 unspecified atom stereocenters. The van der Waals surface area contributed by atoms with Crippen LogP contribution in [0.4, 0.5) is 0 Å². The first-order chi connectivity index (χ1) is 11.2. The smallest absolute Gasteiger partial charge is 0.160 e. The Kier molecular flexibility index (Phi) is 3.49. The highest BCUT2D eigenvalue weighted by Crippen LogP contribution is 2.52. The zero-order chi connectivity index (χ0) is 16.0. The van der Waals surface area contributed by atoms with Gasteiger partial charge in [-0.2, -0.15) is 0 Å². The fraction of sp³-hybridized carbons (Fsp3) is 0.400. The van der Waals surface area contributed by atoms with Crippen molar-refractivity contribution in [2.24, 2.45) is 5.92 Å². The SMILES string of the molecule is CCC1(c2ccccc2)C2=C(Cc3ncsc31)CC(C)CC2=O. The first kappa shape index (κ1) is 14.8. The number of hydrogen-bond donors (Lipinski definition) is 0. The van der Waals surface area contributed by atoms with Gasteiger partial charge in [-0.25, -0.2) is 4.98 Å². The summed E-state index contributed by atoms with van der Waals surface area (Å²) < 4.78 is 0. The van der Waals surface area contributed by atoms with Gasteiger partial charge in [0.05, 0.1) is 16.6 Å². The minimum atomic E-state index is -0.289. The monoisotopic (exact) mass is 323 g/mol. The van der Waals surface area contributed by atoms with Crippen LogP contribution in [-0.2, 0) is 16.6 Å². The Bertz CT molecular complexity index is 789. The standard InChI is InChI=1S/C20H21NOS/c1-3-20(15-7-5-4-6-8-15)18-14(9-13(2)10-17(18)22)11-16-19(20)23-12-21-16/h4-8,12-13H,3,9-11H2,1-2H3. The largest absolute Gasteiger partial charge is 0.294 e. The van der Waals surface area contributed by atoms with Gasteiger partial charge in [0, 0.05) is 23.3 Å². The van der Waals surface area contributed by atoms with Gasteiger partial charge in [0.15, 0.2) is 5.78 Å². The maximum atomic E-state index is 13.0. The van der Waals surface area contributed by atoms with Crippen LogP contribution in [0, 0.1) is 5.92 Å². The van der Waals surface area contributed by atoms with Crippen LogP contribution < -0.4 is 0 Å². The van der Waals surface area contributed by atoms with E-state index in [4.69, 9.17) is 0 Å². The molecule has 23 heavy (non-hydrogen) atoms. The summed E-state index contributed by atoms with van der Waals surface area (Å²) in [5.74, 6) is 0.801. The summed E-state index contributed by atoms with van der Waals surface area (Å²) in [4.78, 5) is 19.0. The minimum absolute atomic E-state index is 0.289. The molecular weight excluding hydrogens is 302 g/mol. The summed E-state index contributed by atoms with van der Waals surface area (Å²) in [6.45, 7) is 4.39. The topological polar surface area (TPSA) is 30.0 Å². The number of carbonyl (C=O) groups is 1. The highest BCUT2D eigenvalue weighted by molar-refractivity contribution is 7.10. The van der Waals surface area contributed by atoms with Gasteiger partial charge < -0.3 is 0 Å². The molecule has 2 aliphatic rings. The summed E-state index contributed by atoms with van der Waals surface area (Å²) in [5, 5.41) is 0. The second-order valence-electron chi connectivity index (χ2n) is 6.85. The second-order valence-corrected chi connectivity index (χ2v) is 7.70. The van der Waals surface area contributed by atoms with Crippen molar-refractivity contribution in [3.63, 3.8) is 0 Å². The van der Waals surface area contributed by atoms with Crippen LogP contribution in [0.2, 0.25) is 0 Å². The van der Waals surface area contributed by atoms with Crippen LogP contribution in [0.1, 0.15) is 49.2 Å². The van der Waals surface area contributed by atoms with Crippen LogP contribution in [-0.4, -0.2) is 10.8 Å². The van der Waals surface area contributed by atoms with Gasteiger partial charge in [0.2, 0.25) is 0 Å². The predicted octanol–water partition coefficient (Wildman–Crippen LogP) is 4.69. The number of hydrogen-bond acceptors (Lipinski definition) is 3. The number of fused-ring (bicyclic) bond motifs is 1. The maximum absolute atomic E-state index is 13.0. The lowest BCUT2D eigenvalue weighted by Crippen LogP contribution is -2.40. The number of thiazole rings is 1. The highest BCUT2D eigenvalue weighted by atomic mass is 32.1. The molecule has 1 heterocycles. The Morgan fingerprint density at radius 3 is 2.78 bits per heavy atom. The third kappa shape index (κ3) is 2.06. The van der Waals surface area contributed by atoms with Gasteiger partial charge in [-0.05, 0) is 24.3 Å². The van der Waals surface area contributed by atoms with E-state index in [-0.39, 0.29) is 5.41 Å². The number of ketones is 1. The van der Waals surface area contributed by atoms with Crippen LogP contribution in [0.15, 0.2) is 47.0 Å². The third-order valence-electron chi connectivity index (χ3n) is 5.39. The number of allylic oxidation sites excluding steroid dienone is 2. The van der Waals surface area contributed by atoms with Crippen LogP contribution >= 0.6 is 11.3 Å². The van der Waals surface area contributed by atoms with Gasteiger partial charge in [-0.1, -0.05) is 49.8 Å². The van der Waals surface area contributed by atoms with E-state index in [9.17, 15) is 4.79 Å². The first-order valence-corrected chi connectivity index (χ1v) is 9.28.